The van der Waals surface area contributed by atoms with Gasteiger partial charge < -0.3 is 10.1 Å². The number of carbonyl (C=O) groups is 2. The van der Waals surface area contributed by atoms with Gasteiger partial charge in [-0.25, -0.2) is 0 Å². The monoisotopic (exact) mass is 434 g/mol. The highest BCUT2D eigenvalue weighted by Gasteiger charge is 2.47. The summed E-state index contributed by atoms with van der Waals surface area (Å²) in [6.45, 7) is 2.15. The van der Waals surface area contributed by atoms with Crippen LogP contribution >= 0.6 is 11.6 Å². The molecule has 0 saturated heterocycles. The van der Waals surface area contributed by atoms with Crippen molar-refractivity contribution in [2.24, 2.45) is 0 Å². The molecule has 0 saturated carbocycles. The third-order valence-corrected chi connectivity index (χ3v) is 5.92. The molecule has 2 amide bonds. The van der Waals surface area contributed by atoms with E-state index in [2.05, 4.69) is 5.32 Å². The van der Waals surface area contributed by atoms with Crippen molar-refractivity contribution >= 4 is 29.1 Å². The van der Waals surface area contributed by atoms with Gasteiger partial charge in [0.2, 0.25) is 5.91 Å². The standard InChI is InChI=1S/C25H23ClN2O3/c1-25(24(30)27-16-17-7-13-21(31-2)14-8-17)15-18-5-3-4-6-22(18)23(29)28(25)20-11-9-19(26)10-12-20/h3-14H,15-16H2,1-2H3,(H,27,30)/t25-/m0/s1. The predicted molar refractivity (Wildman–Crippen MR) is 122 cm³/mol. The Morgan fingerprint density at radius 2 is 1.74 bits per heavy atom. The average molecular weight is 435 g/mol. The minimum atomic E-state index is -1.09. The first-order valence-electron chi connectivity index (χ1n) is 10.0. The molecule has 0 bridgehead atoms. The molecule has 4 rings (SSSR count). The van der Waals surface area contributed by atoms with Crippen LogP contribution in [0.5, 0.6) is 5.75 Å². The number of methoxy groups -OCH3 is 1. The van der Waals surface area contributed by atoms with Crippen molar-refractivity contribution in [3.63, 3.8) is 0 Å². The highest BCUT2D eigenvalue weighted by Crippen LogP contribution is 2.36. The maximum Gasteiger partial charge on any atom is 0.259 e. The Morgan fingerprint density at radius 1 is 1.06 bits per heavy atom. The maximum absolute atomic E-state index is 13.5. The third kappa shape index (κ3) is 4.01. The van der Waals surface area contributed by atoms with Crippen LogP contribution in [0.1, 0.15) is 28.4 Å². The summed E-state index contributed by atoms with van der Waals surface area (Å²) in [5, 5.41) is 3.58. The number of benzene rings is 3. The van der Waals surface area contributed by atoms with E-state index in [1.165, 1.54) is 0 Å². The highest BCUT2D eigenvalue weighted by atomic mass is 35.5. The molecule has 1 aliphatic heterocycles. The second kappa shape index (κ2) is 8.44. The van der Waals surface area contributed by atoms with Crippen molar-refractivity contribution in [1.29, 1.82) is 0 Å². The number of nitrogens with one attached hydrogen (secondary N) is 1. The average Bonchev–Trinajstić information content (AvgIpc) is 2.79. The summed E-state index contributed by atoms with van der Waals surface area (Å²) in [6, 6.07) is 21.9. The molecule has 0 fully saturated rings. The van der Waals surface area contributed by atoms with E-state index in [4.69, 9.17) is 16.3 Å². The largest absolute Gasteiger partial charge is 0.497 e. The number of nitrogens with zero attached hydrogens (tertiary/aromatic N) is 1. The van der Waals surface area contributed by atoms with E-state index >= 15 is 0 Å². The van der Waals surface area contributed by atoms with Crippen LogP contribution in [0.2, 0.25) is 5.02 Å². The first kappa shape index (κ1) is 20.9. The topological polar surface area (TPSA) is 58.6 Å². The van der Waals surface area contributed by atoms with Crippen LogP contribution in [0, 0.1) is 0 Å². The van der Waals surface area contributed by atoms with E-state index in [-0.39, 0.29) is 11.8 Å². The van der Waals surface area contributed by atoms with Gasteiger partial charge in [0, 0.05) is 29.2 Å². The fraction of sp³-hybridized carbons (Fsp3) is 0.200. The summed E-state index contributed by atoms with van der Waals surface area (Å²) in [7, 11) is 1.61. The third-order valence-electron chi connectivity index (χ3n) is 5.67. The highest BCUT2D eigenvalue weighted by molar-refractivity contribution is 6.30. The van der Waals surface area contributed by atoms with E-state index in [1.54, 1.807) is 49.3 Å². The molecule has 1 heterocycles. The first-order valence-corrected chi connectivity index (χ1v) is 10.4. The minimum absolute atomic E-state index is 0.203. The smallest absolute Gasteiger partial charge is 0.259 e. The van der Waals surface area contributed by atoms with Crippen molar-refractivity contribution in [1.82, 2.24) is 5.32 Å². The number of ether oxygens (including phenoxy) is 1. The van der Waals surface area contributed by atoms with Crippen molar-refractivity contribution in [2.75, 3.05) is 12.0 Å². The molecule has 1 aliphatic rings. The number of anilines is 1. The van der Waals surface area contributed by atoms with Crippen LogP contribution in [-0.4, -0.2) is 24.5 Å². The number of hydrogen-bond acceptors (Lipinski definition) is 3. The second-order valence-electron chi connectivity index (χ2n) is 7.76. The van der Waals surface area contributed by atoms with Crippen LogP contribution < -0.4 is 15.0 Å². The van der Waals surface area contributed by atoms with E-state index in [9.17, 15) is 9.59 Å². The lowest BCUT2D eigenvalue weighted by Gasteiger charge is -2.44. The second-order valence-corrected chi connectivity index (χ2v) is 8.19. The Bertz CT molecular complexity index is 1110. The molecule has 1 atom stereocenters. The summed E-state index contributed by atoms with van der Waals surface area (Å²) in [5.74, 6) is 0.331. The predicted octanol–water partition coefficient (Wildman–Crippen LogP) is 4.63. The lowest BCUT2D eigenvalue weighted by molar-refractivity contribution is -0.126. The summed E-state index contributed by atoms with van der Waals surface area (Å²) >= 11 is 6.05. The van der Waals surface area contributed by atoms with Crippen LogP contribution in [0.4, 0.5) is 5.69 Å². The number of amides is 2. The van der Waals surface area contributed by atoms with Crippen molar-refractivity contribution in [3.8, 4) is 5.75 Å². The van der Waals surface area contributed by atoms with Gasteiger partial charge in [0.05, 0.1) is 7.11 Å². The van der Waals surface area contributed by atoms with E-state index in [1.807, 2.05) is 42.5 Å². The molecule has 0 spiro atoms. The van der Waals surface area contributed by atoms with Crippen LogP contribution in [0.25, 0.3) is 0 Å². The summed E-state index contributed by atoms with van der Waals surface area (Å²) < 4.78 is 5.18. The van der Waals surface area contributed by atoms with Gasteiger partial charge in [-0.1, -0.05) is 41.9 Å². The molecule has 3 aromatic carbocycles. The SMILES string of the molecule is COc1ccc(CNC(=O)[C@]2(C)Cc3ccccc3C(=O)N2c2ccc(Cl)cc2)cc1. The molecule has 0 unspecified atom stereocenters. The molecule has 158 valence electrons. The zero-order valence-electron chi connectivity index (χ0n) is 17.4. The van der Waals surface area contributed by atoms with Crippen molar-refractivity contribution in [3.05, 3.63) is 94.5 Å². The first-order chi connectivity index (χ1) is 14.9. The molecule has 0 aromatic heterocycles. The Hall–Kier alpha value is -3.31. The number of carbonyl (C=O) groups excluding carboxylic acids is 2. The molecule has 5 nitrogen and oxygen atoms in total. The molecule has 0 aliphatic carbocycles. The normalized spacial score (nSPS) is 17.8. The van der Waals surface area contributed by atoms with Crippen molar-refractivity contribution < 1.29 is 14.3 Å². The fourth-order valence-corrected chi connectivity index (χ4v) is 4.09. The van der Waals surface area contributed by atoms with Crippen LogP contribution in [0.3, 0.4) is 0 Å². The van der Waals surface area contributed by atoms with E-state index < -0.39 is 5.54 Å². The van der Waals surface area contributed by atoms with Gasteiger partial charge in [-0.3, -0.25) is 14.5 Å². The zero-order valence-corrected chi connectivity index (χ0v) is 18.1. The Morgan fingerprint density at radius 3 is 2.42 bits per heavy atom. The van der Waals surface area contributed by atoms with Crippen LogP contribution in [0.15, 0.2) is 72.8 Å². The molecular weight excluding hydrogens is 412 g/mol. The molecule has 3 aromatic rings. The summed E-state index contributed by atoms with van der Waals surface area (Å²) in [6.07, 6.45) is 0.409. The van der Waals surface area contributed by atoms with Gasteiger partial charge in [-0.05, 0) is 60.5 Å². The van der Waals surface area contributed by atoms with E-state index in [0.29, 0.717) is 29.2 Å². The lowest BCUT2D eigenvalue weighted by Crippen LogP contribution is -2.63. The Balaban J connectivity index is 1.66. The van der Waals surface area contributed by atoms with Crippen molar-refractivity contribution in [2.45, 2.75) is 25.4 Å². The molecule has 31 heavy (non-hydrogen) atoms. The van der Waals surface area contributed by atoms with E-state index in [0.717, 1.165) is 16.9 Å². The molecule has 1 N–H and O–H groups in total. The molecule has 0 radical (unpaired) electrons. The molecular formula is C25H23ClN2O3. The molecule has 6 heteroatoms. The quantitative estimate of drug-likeness (QED) is 0.637. The minimum Gasteiger partial charge on any atom is -0.497 e. The van der Waals surface area contributed by atoms with Gasteiger partial charge >= 0.3 is 0 Å². The summed E-state index contributed by atoms with van der Waals surface area (Å²) in [4.78, 5) is 28.5. The van der Waals surface area contributed by atoms with Gasteiger partial charge in [-0.2, -0.15) is 0 Å². The fourth-order valence-electron chi connectivity index (χ4n) is 3.97. The summed E-state index contributed by atoms with van der Waals surface area (Å²) in [5.41, 5.74) is 1.95. The maximum atomic E-state index is 13.5. The van der Waals surface area contributed by atoms with Gasteiger partial charge in [0.15, 0.2) is 0 Å². The van der Waals surface area contributed by atoms with Crippen LogP contribution in [-0.2, 0) is 17.8 Å². The van der Waals surface area contributed by atoms with Gasteiger partial charge in [0.1, 0.15) is 11.3 Å². The zero-order chi connectivity index (χ0) is 22.0. The Labute approximate surface area is 186 Å². The number of fused-ring (bicyclic) bond motifs is 1. The van der Waals surface area contributed by atoms with Gasteiger partial charge in [-0.15, -0.1) is 0 Å². The lowest BCUT2D eigenvalue weighted by atomic mass is 9.82. The number of halogens is 1. The number of rotatable bonds is 5. The number of hydrogen-bond donors (Lipinski definition) is 1. The van der Waals surface area contributed by atoms with Gasteiger partial charge in [0.25, 0.3) is 5.91 Å². The Kier molecular flexibility index (Phi) is 5.70.